The molecular formula is C25H22ClN7OS. The second kappa shape index (κ2) is 9.70. The van der Waals surface area contributed by atoms with Crippen LogP contribution in [0, 0.1) is 29.6 Å². The molecule has 1 aliphatic rings. The number of rotatable bonds is 3. The fourth-order valence-corrected chi connectivity index (χ4v) is 5.05. The van der Waals surface area contributed by atoms with E-state index in [1.165, 1.54) is 16.2 Å². The molecule has 0 spiro atoms. The SMILES string of the molecule is CC(=N)N1C(=N)[C@H](CC(N)=O)N=C(c2ccc(Cl)cc2)c2c1sc(C#Cc1ccc(N)nc1)c2C. The zero-order valence-electron chi connectivity index (χ0n) is 19.0. The number of anilines is 2. The molecule has 0 saturated carbocycles. The first-order chi connectivity index (χ1) is 16.7. The number of amides is 1. The predicted molar refractivity (Wildman–Crippen MR) is 142 cm³/mol. The maximum atomic E-state index is 11.8. The molecule has 2 aromatic heterocycles. The summed E-state index contributed by atoms with van der Waals surface area (Å²) in [4.78, 5) is 23.0. The highest BCUT2D eigenvalue weighted by Crippen LogP contribution is 2.40. The van der Waals surface area contributed by atoms with Gasteiger partial charge >= 0.3 is 0 Å². The average Bonchev–Trinajstić information content (AvgIpc) is 3.05. The Kier molecular flexibility index (Phi) is 6.69. The van der Waals surface area contributed by atoms with E-state index in [1.807, 2.05) is 19.1 Å². The van der Waals surface area contributed by atoms with E-state index in [0.717, 1.165) is 21.6 Å². The summed E-state index contributed by atoms with van der Waals surface area (Å²) in [5.41, 5.74) is 14.8. The zero-order chi connectivity index (χ0) is 25.3. The Morgan fingerprint density at radius 2 is 1.94 bits per heavy atom. The summed E-state index contributed by atoms with van der Waals surface area (Å²) in [7, 11) is 0. The molecule has 3 heterocycles. The number of amidine groups is 2. The normalized spacial score (nSPS) is 14.9. The monoisotopic (exact) mass is 503 g/mol. The third-order valence-electron chi connectivity index (χ3n) is 5.36. The fraction of sp³-hybridized carbons (Fsp3) is 0.160. The second-order valence-electron chi connectivity index (χ2n) is 7.93. The van der Waals surface area contributed by atoms with Crippen molar-refractivity contribution in [2.45, 2.75) is 26.3 Å². The molecule has 0 fully saturated rings. The summed E-state index contributed by atoms with van der Waals surface area (Å²) >= 11 is 7.48. The van der Waals surface area contributed by atoms with Crippen LogP contribution in [0.1, 0.15) is 40.5 Å². The summed E-state index contributed by atoms with van der Waals surface area (Å²) in [6.45, 7) is 3.52. The number of hydrogen-bond donors (Lipinski definition) is 4. The molecule has 1 aromatic carbocycles. The molecule has 0 aliphatic carbocycles. The van der Waals surface area contributed by atoms with E-state index in [0.29, 0.717) is 27.1 Å². The van der Waals surface area contributed by atoms with Gasteiger partial charge in [-0.25, -0.2) is 4.98 Å². The van der Waals surface area contributed by atoms with Crippen molar-refractivity contribution in [3.63, 3.8) is 0 Å². The van der Waals surface area contributed by atoms with Gasteiger partial charge in [-0.1, -0.05) is 35.6 Å². The maximum Gasteiger partial charge on any atom is 0.220 e. The predicted octanol–water partition coefficient (Wildman–Crippen LogP) is 3.96. The van der Waals surface area contributed by atoms with Crippen LogP contribution in [0.15, 0.2) is 47.6 Å². The van der Waals surface area contributed by atoms with Crippen LogP contribution in [0.3, 0.4) is 0 Å². The number of nitrogens with two attached hydrogens (primary N) is 2. The highest BCUT2D eigenvalue weighted by Gasteiger charge is 2.34. The lowest BCUT2D eigenvalue weighted by Crippen LogP contribution is -2.41. The number of aromatic nitrogens is 1. The fourth-order valence-electron chi connectivity index (χ4n) is 3.69. The molecule has 3 aromatic rings. The van der Waals surface area contributed by atoms with E-state index < -0.39 is 11.9 Å². The molecule has 4 rings (SSSR count). The number of nitrogens with zero attached hydrogens (tertiary/aromatic N) is 3. The van der Waals surface area contributed by atoms with E-state index >= 15 is 0 Å². The summed E-state index contributed by atoms with van der Waals surface area (Å²) < 4.78 is 0. The van der Waals surface area contributed by atoms with Gasteiger partial charge < -0.3 is 11.5 Å². The van der Waals surface area contributed by atoms with E-state index in [9.17, 15) is 4.79 Å². The quantitative estimate of drug-likeness (QED) is 0.243. The average molecular weight is 504 g/mol. The van der Waals surface area contributed by atoms with E-state index in [2.05, 4.69) is 16.8 Å². The van der Waals surface area contributed by atoms with Crippen LogP contribution in [-0.4, -0.2) is 34.3 Å². The first-order valence-corrected chi connectivity index (χ1v) is 11.8. The molecule has 8 nitrogen and oxygen atoms in total. The number of nitrogen functional groups attached to an aromatic ring is 1. The van der Waals surface area contributed by atoms with Crippen molar-refractivity contribution in [1.29, 1.82) is 10.8 Å². The Balaban J connectivity index is 1.94. The van der Waals surface area contributed by atoms with Crippen LogP contribution in [0.5, 0.6) is 0 Å². The van der Waals surface area contributed by atoms with Crippen molar-refractivity contribution < 1.29 is 4.79 Å². The van der Waals surface area contributed by atoms with E-state index in [1.54, 1.807) is 37.4 Å². The molecule has 35 heavy (non-hydrogen) atoms. The van der Waals surface area contributed by atoms with Crippen LogP contribution in [-0.2, 0) is 4.79 Å². The van der Waals surface area contributed by atoms with Gasteiger partial charge in [0.25, 0.3) is 0 Å². The van der Waals surface area contributed by atoms with Gasteiger partial charge in [-0.3, -0.25) is 25.5 Å². The van der Waals surface area contributed by atoms with Crippen LogP contribution >= 0.6 is 22.9 Å². The highest BCUT2D eigenvalue weighted by atomic mass is 35.5. The number of aliphatic imine (C=N–C) groups is 1. The molecule has 10 heteroatoms. The van der Waals surface area contributed by atoms with Crippen LogP contribution in [0.4, 0.5) is 10.8 Å². The van der Waals surface area contributed by atoms with Gasteiger partial charge in [0.15, 0.2) is 0 Å². The number of primary amides is 1. The third-order valence-corrected chi connectivity index (χ3v) is 6.81. The first kappa shape index (κ1) is 24.1. The summed E-state index contributed by atoms with van der Waals surface area (Å²) in [6.07, 6.45) is 1.46. The number of fused-ring (bicyclic) bond motifs is 1. The highest BCUT2D eigenvalue weighted by molar-refractivity contribution is 7.17. The maximum absolute atomic E-state index is 11.8. The van der Waals surface area contributed by atoms with Gasteiger partial charge in [-0.05, 0) is 43.7 Å². The van der Waals surface area contributed by atoms with Gasteiger partial charge in [-0.2, -0.15) is 0 Å². The van der Waals surface area contributed by atoms with Crippen molar-refractivity contribution in [2.24, 2.45) is 10.7 Å². The summed E-state index contributed by atoms with van der Waals surface area (Å²) in [5, 5.41) is 18.4. The smallest absolute Gasteiger partial charge is 0.220 e. The molecule has 0 unspecified atom stereocenters. The number of carbonyl (C=O) groups excluding carboxylic acids is 1. The molecule has 0 radical (unpaired) electrons. The molecule has 1 amide bonds. The van der Waals surface area contributed by atoms with Crippen molar-refractivity contribution in [3.8, 4) is 11.8 Å². The number of nitrogens with one attached hydrogen (secondary N) is 2. The molecular weight excluding hydrogens is 482 g/mol. The Hall–Kier alpha value is -4.00. The van der Waals surface area contributed by atoms with Crippen molar-refractivity contribution in [2.75, 3.05) is 10.6 Å². The zero-order valence-corrected chi connectivity index (χ0v) is 20.6. The lowest BCUT2D eigenvalue weighted by molar-refractivity contribution is -0.118. The van der Waals surface area contributed by atoms with Crippen LogP contribution < -0.4 is 16.4 Å². The molecule has 0 bridgehead atoms. The lowest BCUT2D eigenvalue weighted by atomic mass is 9.99. The van der Waals surface area contributed by atoms with E-state index in [-0.39, 0.29) is 18.1 Å². The number of hydrogen-bond acceptors (Lipinski definition) is 7. The van der Waals surface area contributed by atoms with Crippen LogP contribution in [0.25, 0.3) is 0 Å². The minimum absolute atomic E-state index is 0.00464. The second-order valence-corrected chi connectivity index (χ2v) is 9.37. The molecule has 1 atom stereocenters. The molecule has 1 aliphatic heterocycles. The Morgan fingerprint density at radius 3 is 2.54 bits per heavy atom. The minimum Gasteiger partial charge on any atom is -0.384 e. The van der Waals surface area contributed by atoms with Crippen LogP contribution in [0.2, 0.25) is 5.02 Å². The Morgan fingerprint density at radius 1 is 1.23 bits per heavy atom. The number of thiophene rings is 1. The Labute approximate surface area is 211 Å². The van der Waals surface area contributed by atoms with Crippen molar-refractivity contribution >= 4 is 57.0 Å². The minimum atomic E-state index is -0.840. The van der Waals surface area contributed by atoms with Gasteiger partial charge in [-0.15, -0.1) is 11.3 Å². The molecule has 0 saturated heterocycles. The standard InChI is InChI=1S/C25H22ClN7OS/c1-13-19(9-3-15-4-10-20(28)31-12-15)35-25-22(13)23(16-5-7-17(26)8-6-16)32-18(11-21(29)34)24(30)33(25)14(2)27/h4-8,10,12,18,27,30H,11H2,1-2H3,(H2,28,31)(H2,29,34)/t18-/m0/s1. The molecule has 176 valence electrons. The van der Waals surface area contributed by atoms with Gasteiger partial charge in [0.2, 0.25) is 5.91 Å². The number of halogens is 1. The largest absolute Gasteiger partial charge is 0.384 e. The van der Waals surface area contributed by atoms with E-state index in [4.69, 9.17) is 38.9 Å². The number of carbonyl (C=O) groups is 1. The first-order valence-electron chi connectivity index (χ1n) is 10.6. The van der Waals surface area contributed by atoms with Gasteiger partial charge in [0.05, 0.1) is 17.0 Å². The van der Waals surface area contributed by atoms with Gasteiger partial charge in [0, 0.05) is 27.9 Å². The summed E-state index contributed by atoms with van der Waals surface area (Å²) in [6, 6.07) is 9.83. The number of pyridine rings is 1. The lowest BCUT2D eigenvalue weighted by Gasteiger charge is -2.24. The molecule has 6 N–H and O–H groups in total. The topological polar surface area (TPSA) is 145 Å². The van der Waals surface area contributed by atoms with Crippen molar-refractivity contribution in [1.82, 2.24) is 4.98 Å². The van der Waals surface area contributed by atoms with Crippen molar-refractivity contribution in [3.05, 3.63) is 74.7 Å². The Bertz CT molecular complexity index is 1430. The van der Waals surface area contributed by atoms with Gasteiger partial charge in [0.1, 0.15) is 28.5 Å². The third kappa shape index (κ3) is 4.94. The number of benzene rings is 1. The summed E-state index contributed by atoms with van der Waals surface area (Å²) in [5.74, 6) is 6.27.